The second-order valence-corrected chi connectivity index (χ2v) is 5.02. The molecule has 0 aliphatic rings. The van der Waals surface area contributed by atoms with E-state index < -0.39 is 38.7 Å². The predicted molar refractivity (Wildman–Crippen MR) is 89.6 cm³/mol. The van der Waals surface area contributed by atoms with E-state index >= 15 is 0 Å². The lowest BCUT2D eigenvalue weighted by atomic mass is 10.2. The van der Waals surface area contributed by atoms with Gasteiger partial charge in [0.05, 0.1) is 22.3 Å². The Balaban J connectivity index is 0.000000289. The molecule has 2 aromatic carbocycles. The monoisotopic (exact) mass is 382 g/mol. The summed E-state index contributed by atoms with van der Waals surface area (Å²) in [6, 6.07) is 8.56. The second kappa shape index (κ2) is 9.71. The summed E-state index contributed by atoms with van der Waals surface area (Å²) in [6.45, 7) is 0.320. The first kappa shape index (κ1) is 21.4. The lowest BCUT2D eigenvalue weighted by Crippen LogP contribution is -2.19. The van der Waals surface area contributed by atoms with Gasteiger partial charge in [0.1, 0.15) is 5.69 Å². The Morgan fingerprint density at radius 3 is 1.81 bits per heavy atom. The molecule has 0 amide bonds. The quantitative estimate of drug-likeness (QED) is 0.571. The van der Waals surface area contributed by atoms with Crippen molar-refractivity contribution in [3.63, 3.8) is 0 Å². The van der Waals surface area contributed by atoms with Crippen LogP contribution < -0.4 is 4.90 Å². The summed E-state index contributed by atoms with van der Waals surface area (Å²) in [5, 5.41) is 29.1. The predicted octanol–water partition coefficient (Wildman–Crippen LogP) is 3.96. The molecule has 0 atom stereocenters. The van der Waals surface area contributed by atoms with Crippen LogP contribution in [0.15, 0.2) is 36.4 Å². The third-order valence-electron chi connectivity index (χ3n) is 3.24. The Hall–Kier alpha value is -3.68. The minimum Gasteiger partial charge on any atom is -0.368 e. The normalized spacial score (nSPS) is 9.59. The fourth-order valence-electron chi connectivity index (χ4n) is 1.99. The Morgan fingerprint density at radius 1 is 0.963 bits per heavy atom. The Kier molecular flexibility index (Phi) is 7.68. The van der Waals surface area contributed by atoms with Crippen molar-refractivity contribution in [3.8, 4) is 6.07 Å². The highest BCUT2D eigenvalue weighted by Crippen LogP contribution is 2.29. The van der Waals surface area contributed by atoms with Gasteiger partial charge in [0.15, 0.2) is 0 Å². The van der Waals surface area contributed by atoms with Gasteiger partial charge >= 0.3 is 11.4 Å². The molecule has 142 valence electrons. The van der Waals surface area contributed by atoms with E-state index in [1.165, 1.54) is 17.0 Å². The van der Waals surface area contributed by atoms with Gasteiger partial charge in [-0.15, -0.1) is 0 Å². The summed E-state index contributed by atoms with van der Waals surface area (Å²) < 4.78 is 38.1. The number of hydrogen-bond donors (Lipinski definition) is 0. The van der Waals surface area contributed by atoms with Crippen molar-refractivity contribution in [3.05, 3.63) is 74.1 Å². The van der Waals surface area contributed by atoms with Crippen LogP contribution in [0.2, 0.25) is 0 Å². The van der Waals surface area contributed by atoms with Crippen molar-refractivity contribution in [1.82, 2.24) is 0 Å². The molecule has 27 heavy (non-hydrogen) atoms. The van der Waals surface area contributed by atoms with Gasteiger partial charge in [-0.2, -0.15) is 18.4 Å². The van der Waals surface area contributed by atoms with Gasteiger partial charge in [0.25, 0.3) is 0 Å². The highest BCUT2D eigenvalue weighted by atomic mass is 19.1. The van der Waals surface area contributed by atoms with Gasteiger partial charge in [0, 0.05) is 13.6 Å². The molecule has 0 spiro atoms. The molecule has 0 saturated carbocycles. The van der Waals surface area contributed by atoms with Crippen LogP contribution in [0.3, 0.4) is 0 Å². The van der Waals surface area contributed by atoms with E-state index in [9.17, 15) is 33.4 Å². The first-order valence-electron chi connectivity index (χ1n) is 7.30. The minimum atomic E-state index is -1.16. The first-order valence-corrected chi connectivity index (χ1v) is 7.30. The van der Waals surface area contributed by atoms with E-state index in [2.05, 4.69) is 0 Å². The van der Waals surface area contributed by atoms with Gasteiger partial charge in [-0.3, -0.25) is 20.2 Å². The van der Waals surface area contributed by atoms with E-state index in [4.69, 9.17) is 5.26 Å². The molecular formula is C16H13F3N4O4. The number of halogens is 3. The summed E-state index contributed by atoms with van der Waals surface area (Å²) in [7, 11) is 1.58. The van der Waals surface area contributed by atoms with Gasteiger partial charge in [-0.1, -0.05) is 12.1 Å². The maximum Gasteiger partial charge on any atom is 0.340 e. The van der Waals surface area contributed by atoms with Crippen molar-refractivity contribution in [2.24, 2.45) is 0 Å². The lowest BCUT2D eigenvalue weighted by Gasteiger charge is -2.17. The zero-order valence-corrected chi connectivity index (χ0v) is 13.9. The van der Waals surface area contributed by atoms with Crippen LogP contribution in [0.4, 0.5) is 30.2 Å². The van der Waals surface area contributed by atoms with Crippen molar-refractivity contribution in [1.29, 1.82) is 5.26 Å². The second-order valence-electron chi connectivity index (χ2n) is 5.02. The molecule has 0 fully saturated rings. The van der Waals surface area contributed by atoms with Crippen LogP contribution >= 0.6 is 0 Å². The third-order valence-corrected chi connectivity index (χ3v) is 3.24. The fraction of sp³-hybridized carbons (Fsp3) is 0.188. The number of nitro benzene ring substituents is 2. The molecule has 0 bridgehead atoms. The first-order chi connectivity index (χ1) is 12.7. The number of nitro groups is 2. The zero-order valence-electron chi connectivity index (χ0n) is 13.9. The molecule has 0 aliphatic carbocycles. The van der Waals surface area contributed by atoms with Crippen molar-refractivity contribution in [2.75, 3.05) is 18.5 Å². The average molecular weight is 382 g/mol. The van der Waals surface area contributed by atoms with E-state index in [0.717, 1.165) is 24.3 Å². The minimum absolute atomic E-state index is 0.181. The summed E-state index contributed by atoms with van der Waals surface area (Å²) in [5.41, 5.74) is -1.48. The Labute approximate surface area is 151 Å². The van der Waals surface area contributed by atoms with Crippen molar-refractivity contribution >= 4 is 17.1 Å². The SMILES string of the molecule is CN(CCC#N)c1cccc(F)c1[N+](=O)[O-].O=[N+]([O-])c1c(F)cccc1F. The third kappa shape index (κ3) is 5.67. The molecule has 0 radical (unpaired) electrons. The van der Waals surface area contributed by atoms with Crippen LogP contribution in [0.25, 0.3) is 0 Å². The van der Waals surface area contributed by atoms with Crippen LogP contribution in [0.5, 0.6) is 0 Å². The molecule has 0 unspecified atom stereocenters. The molecular weight excluding hydrogens is 369 g/mol. The molecule has 0 heterocycles. The van der Waals surface area contributed by atoms with Crippen LogP contribution in [0, 0.1) is 49.0 Å². The largest absolute Gasteiger partial charge is 0.368 e. The molecule has 11 heteroatoms. The maximum absolute atomic E-state index is 13.3. The number of benzene rings is 2. The smallest absolute Gasteiger partial charge is 0.340 e. The Morgan fingerprint density at radius 2 is 1.41 bits per heavy atom. The zero-order chi connectivity index (χ0) is 20.6. The maximum atomic E-state index is 13.3. The van der Waals surface area contributed by atoms with Gasteiger partial charge in [-0.25, -0.2) is 0 Å². The summed E-state index contributed by atoms with van der Waals surface area (Å²) in [6.07, 6.45) is 0.226. The standard InChI is InChI=1S/C10H10FN3O2.C6H3F2NO2/c1-13(7-3-6-12)9-5-2-4-8(11)10(9)14(15)16;7-4-2-1-3-5(8)6(4)9(10)11/h2,4-5H,3,7H2,1H3;1-3H. The summed E-state index contributed by atoms with van der Waals surface area (Å²) in [5.74, 6) is -3.18. The lowest BCUT2D eigenvalue weighted by molar-refractivity contribution is -0.390. The molecule has 2 rings (SSSR count). The van der Waals surface area contributed by atoms with Crippen molar-refractivity contribution in [2.45, 2.75) is 6.42 Å². The number of para-hydroxylation sites is 2. The van der Waals surface area contributed by atoms with E-state index in [0.29, 0.717) is 6.54 Å². The molecule has 8 nitrogen and oxygen atoms in total. The highest BCUT2D eigenvalue weighted by Gasteiger charge is 2.22. The molecule has 0 aromatic heterocycles. The van der Waals surface area contributed by atoms with E-state index in [-0.39, 0.29) is 12.1 Å². The number of rotatable bonds is 5. The highest BCUT2D eigenvalue weighted by molar-refractivity contribution is 5.63. The molecule has 0 saturated heterocycles. The van der Waals surface area contributed by atoms with Crippen molar-refractivity contribution < 1.29 is 23.0 Å². The number of nitrogens with zero attached hydrogens (tertiary/aromatic N) is 4. The molecule has 2 aromatic rings. The van der Waals surface area contributed by atoms with E-state index in [1.807, 2.05) is 6.07 Å². The van der Waals surface area contributed by atoms with Gasteiger partial charge < -0.3 is 4.90 Å². The average Bonchev–Trinajstić information content (AvgIpc) is 2.59. The van der Waals surface area contributed by atoms with Crippen LogP contribution in [0.1, 0.15) is 6.42 Å². The summed E-state index contributed by atoms with van der Waals surface area (Å²) in [4.78, 5) is 20.3. The fourth-order valence-corrected chi connectivity index (χ4v) is 1.99. The van der Waals surface area contributed by atoms with Gasteiger partial charge in [-0.05, 0) is 24.3 Å². The summed E-state index contributed by atoms with van der Waals surface area (Å²) >= 11 is 0. The molecule has 0 N–H and O–H groups in total. The number of anilines is 1. The number of nitriles is 1. The topological polar surface area (TPSA) is 113 Å². The van der Waals surface area contributed by atoms with Crippen LogP contribution in [-0.4, -0.2) is 23.4 Å². The van der Waals surface area contributed by atoms with Gasteiger partial charge in [0.2, 0.25) is 17.5 Å². The van der Waals surface area contributed by atoms with Crippen LogP contribution in [-0.2, 0) is 0 Å². The molecule has 0 aliphatic heterocycles. The Bertz CT molecular complexity index is 866. The van der Waals surface area contributed by atoms with E-state index in [1.54, 1.807) is 7.05 Å². The number of hydrogen-bond acceptors (Lipinski definition) is 6.